The largest absolute Gasteiger partial charge is 0.507 e. The van der Waals surface area contributed by atoms with Crippen molar-refractivity contribution in [3.05, 3.63) is 69.7 Å². The summed E-state index contributed by atoms with van der Waals surface area (Å²) in [4.78, 5) is 29.2. The summed E-state index contributed by atoms with van der Waals surface area (Å²) in [6.07, 6.45) is 0. The predicted molar refractivity (Wildman–Crippen MR) is 115 cm³/mol. The summed E-state index contributed by atoms with van der Waals surface area (Å²) in [5.74, 6) is -0.945. The van der Waals surface area contributed by atoms with Crippen LogP contribution in [0.4, 0.5) is 0 Å². The normalized spacial score (nSPS) is 18.5. The molecule has 1 heterocycles. The number of ether oxygens (including phenoxy) is 1. The van der Waals surface area contributed by atoms with Crippen molar-refractivity contribution >= 4 is 33.4 Å². The van der Waals surface area contributed by atoms with Crippen molar-refractivity contribution in [2.24, 2.45) is 0 Å². The SMILES string of the molecule is COc1cccc(/C(O)=C2\C(=O)C(=O)N(CCN(C)C)[C@H]2c2ccc(Br)cc2)c1. The first-order chi connectivity index (χ1) is 13.8. The molecule has 0 aromatic heterocycles. The van der Waals surface area contributed by atoms with Gasteiger partial charge in [0.15, 0.2) is 0 Å². The summed E-state index contributed by atoms with van der Waals surface area (Å²) in [5.41, 5.74) is 1.28. The third kappa shape index (κ3) is 4.36. The van der Waals surface area contributed by atoms with Crippen LogP contribution in [0.1, 0.15) is 17.2 Å². The minimum atomic E-state index is -0.683. The van der Waals surface area contributed by atoms with Gasteiger partial charge in [-0.05, 0) is 43.9 Å². The van der Waals surface area contributed by atoms with Crippen molar-refractivity contribution in [1.29, 1.82) is 0 Å². The van der Waals surface area contributed by atoms with E-state index in [9.17, 15) is 14.7 Å². The molecule has 1 fully saturated rings. The van der Waals surface area contributed by atoms with Crippen LogP contribution in [0, 0.1) is 0 Å². The molecule has 0 spiro atoms. The van der Waals surface area contributed by atoms with E-state index in [1.807, 2.05) is 43.3 Å². The number of nitrogens with zero attached hydrogens (tertiary/aromatic N) is 2. The Balaban J connectivity index is 2.14. The maximum Gasteiger partial charge on any atom is 0.295 e. The molecule has 0 bridgehead atoms. The molecule has 3 rings (SSSR count). The number of amides is 1. The molecular weight excluding hydrogens is 436 g/mol. The second kappa shape index (κ2) is 8.80. The second-order valence-corrected chi connectivity index (χ2v) is 7.99. The molecule has 0 radical (unpaired) electrons. The zero-order chi connectivity index (χ0) is 21.1. The lowest BCUT2D eigenvalue weighted by Crippen LogP contribution is -2.35. The molecule has 6 nitrogen and oxygen atoms in total. The first-order valence-corrected chi connectivity index (χ1v) is 9.95. The molecule has 7 heteroatoms. The van der Waals surface area contributed by atoms with Gasteiger partial charge in [-0.3, -0.25) is 9.59 Å². The Kier molecular flexibility index (Phi) is 6.39. The number of ketones is 1. The first-order valence-electron chi connectivity index (χ1n) is 9.16. The Morgan fingerprint density at radius 1 is 1.17 bits per heavy atom. The van der Waals surface area contributed by atoms with Gasteiger partial charge in [0.1, 0.15) is 11.5 Å². The summed E-state index contributed by atoms with van der Waals surface area (Å²) >= 11 is 3.41. The standard InChI is InChI=1S/C22H23BrN2O4/c1-24(2)11-12-25-19(14-7-9-16(23)10-8-14)18(21(27)22(25)28)20(26)15-5-4-6-17(13-15)29-3/h4-10,13,19,26H,11-12H2,1-3H3/b20-18+/t19-/m0/s1. The number of halogens is 1. The molecule has 0 saturated carbocycles. The highest BCUT2D eigenvalue weighted by Crippen LogP contribution is 2.39. The molecule has 0 aliphatic carbocycles. The van der Waals surface area contributed by atoms with E-state index in [-0.39, 0.29) is 11.3 Å². The fraction of sp³-hybridized carbons (Fsp3) is 0.273. The molecule has 1 aliphatic heterocycles. The molecule has 152 valence electrons. The van der Waals surface area contributed by atoms with Crippen LogP contribution in [0.5, 0.6) is 5.75 Å². The van der Waals surface area contributed by atoms with E-state index in [4.69, 9.17) is 4.74 Å². The summed E-state index contributed by atoms with van der Waals surface area (Å²) < 4.78 is 6.11. The predicted octanol–water partition coefficient (Wildman–Crippen LogP) is 3.44. The fourth-order valence-electron chi connectivity index (χ4n) is 3.34. The van der Waals surface area contributed by atoms with Crippen LogP contribution in [0.2, 0.25) is 0 Å². The highest BCUT2D eigenvalue weighted by molar-refractivity contribution is 9.10. The van der Waals surface area contributed by atoms with E-state index in [0.717, 1.165) is 10.0 Å². The Hall–Kier alpha value is -2.64. The first kappa shape index (κ1) is 21.1. The Morgan fingerprint density at radius 2 is 1.86 bits per heavy atom. The number of hydrogen-bond donors (Lipinski definition) is 1. The summed E-state index contributed by atoms with van der Waals surface area (Å²) in [6.45, 7) is 0.965. The van der Waals surface area contributed by atoms with Gasteiger partial charge in [0.25, 0.3) is 11.7 Å². The number of Topliss-reactive ketones (excluding diaryl/α,β-unsaturated/α-hetero) is 1. The lowest BCUT2D eigenvalue weighted by atomic mass is 9.95. The third-order valence-corrected chi connectivity index (χ3v) is 5.39. The molecule has 0 unspecified atom stereocenters. The van der Waals surface area contributed by atoms with Crippen molar-refractivity contribution in [2.75, 3.05) is 34.3 Å². The van der Waals surface area contributed by atoms with Gasteiger partial charge in [-0.1, -0.05) is 40.2 Å². The van der Waals surface area contributed by atoms with Crippen LogP contribution in [0.25, 0.3) is 5.76 Å². The van der Waals surface area contributed by atoms with Crippen molar-refractivity contribution in [3.8, 4) is 5.75 Å². The van der Waals surface area contributed by atoms with Crippen molar-refractivity contribution in [1.82, 2.24) is 9.80 Å². The molecule has 1 amide bonds. The van der Waals surface area contributed by atoms with E-state index in [0.29, 0.717) is 24.4 Å². The second-order valence-electron chi connectivity index (χ2n) is 7.08. The van der Waals surface area contributed by atoms with Gasteiger partial charge >= 0.3 is 0 Å². The Morgan fingerprint density at radius 3 is 2.48 bits per heavy atom. The number of carbonyl (C=O) groups excluding carboxylic acids is 2. The molecule has 2 aromatic carbocycles. The Labute approximate surface area is 178 Å². The number of likely N-dealkylation sites (N-methyl/N-ethyl adjacent to an activating group) is 1. The average molecular weight is 459 g/mol. The minimum absolute atomic E-state index is 0.0873. The number of carbonyl (C=O) groups is 2. The number of aliphatic hydroxyl groups is 1. The van der Waals surface area contributed by atoms with E-state index in [2.05, 4.69) is 15.9 Å². The monoisotopic (exact) mass is 458 g/mol. The number of rotatable bonds is 6. The topological polar surface area (TPSA) is 70.1 Å². The van der Waals surface area contributed by atoms with Crippen LogP contribution in [0.15, 0.2) is 58.6 Å². The lowest BCUT2D eigenvalue weighted by Gasteiger charge is -2.26. The molecule has 1 saturated heterocycles. The van der Waals surface area contributed by atoms with Gasteiger partial charge in [-0.25, -0.2) is 0 Å². The number of methoxy groups -OCH3 is 1. The molecular formula is C22H23BrN2O4. The van der Waals surface area contributed by atoms with Crippen LogP contribution in [0.3, 0.4) is 0 Å². The summed E-state index contributed by atoms with van der Waals surface area (Å²) in [7, 11) is 5.34. The fourth-order valence-corrected chi connectivity index (χ4v) is 3.60. The van der Waals surface area contributed by atoms with Gasteiger partial charge in [0, 0.05) is 23.1 Å². The van der Waals surface area contributed by atoms with Gasteiger partial charge in [-0.15, -0.1) is 0 Å². The van der Waals surface area contributed by atoms with Crippen LogP contribution < -0.4 is 4.74 Å². The summed E-state index contributed by atoms with van der Waals surface area (Å²) in [6, 6.07) is 13.5. The zero-order valence-corrected chi connectivity index (χ0v) is 18.1. The number of aliphatic hydroxyl groups excluding tert-OH is 1. The maximum absolute atomic E-state index is 12.9. The van der Waals surface area contributed by atoms with Gasteiger partial charge in [0.05, 0.1) is 18.7 Å². The summed E-state index contributed by atoms with van der Waals surface area (Å²) in [5, 5.41) is 11.0. The molecule has 2 aromatic rings. The van der Waals surface area contributed by atoms with E-state index in [1.165, 1.54) is 12.0 Å². The Bertz CT molecular complexity index is 954. The number of benzene rings is 2. The van der Waals surface area contributed by atoms with Gasteiger partial charge in [-0.2, -0.15) is 0 Å². The molecule has 1 atom stereocenters. The van der Waals surface area contributed by atoms with Crippen LogP contribution in [-0.4, -0.2) is 60.9 Å². The van der Waals surface area contributed by atoms with Crippen molar-refractivity contribution in [3.63, 3.8) is 0 Å². The van der Waals surface area contributed by atoms with Gasteiger partial charge in [0.2, 0.25) is 0 Å². The molecule has 1 aliphatic rings. The van der Waals surface area contributed by atoms with Gasteiger partial charge < -0.3 is 19.6 Å². The quantitative estimate of drug-likeness (QED) is 0.407. The average Bonchev–Trinajstić information content (AvgIpc) is 2.97. The zero-order valence-electron chi connectivity index (χ0n) is 16.6. The lowest BCUT2D eigenvalue weighted by molar-refractivity contribution is -0.140. The highest BCUT2D eigenvalue weighted by atomic mass is 79.9. The van der Waals surface area contributed by atoms with Crippen LogP contribution >= 0.6 is 15.9 Å². The van der Waals surface area contributed by atoms with Crippen LogP contribution in [-0.2, 0) is 9.59 Å². The van der Waals surface area contributed by atoms with Crippen molar-refractivity contribution in [2.45, 2.75) is 6.04 Å². The minimum Gasteiger partial charge on any atom is -0.507 e. The third-order valence-electron chi connectivity index (χ3n) is 4.86. The van der Waals surface area contributed by atoms with E-state index >= 15 is 0 Å². The molecule has 1 N–H and O–H groups in total. The molecule has 29 heavy (non-hydrogen) atoms. The van der Waals surface area contributed by atoms with E-state index in [1.54, 1.807) is 24.3 Å². The smallest absolute Gasteiger partial charge is 0.295 e. The van der Waals surface area contributed by atoms with E-state index < -0.39 is 17.7 Å². The van der Waals surface area contributed by atoms with Crippen molar-refractivity contribution < 1.29 is 19.4 Å². The number of likely N-dealkylation sites (tertiary alicyclic amines) is 1. The maximum atomic E-state index is 12.9. The number of hydrogen-bond acceptors (Lipinski definition) is 5. The highest BCUT2D eigenvalue weighted by Gasteiger charge is 2.45.